The summed E-state index contributed by atoms with van der Waals surface area (Å²) in [6, 6.07) is 0. The molecule has 0 aliphatic carbocycles. The van der Waals surface area contributed by atoms with Gasteiger partial charge in [0.25, 0.3) is 0 Å². The highest BCUT2D eigenvalue weighted by Gasteiger charge is 2.32. The molecule has 0 aromatic rings. The van der Waals surface area contributed by atoms with Gasteiger partial charge in [-0.3, -0.25) is 9.59 Å². The van der Waals surface area contributed by atoms with Crippen LogP contribution >= 0.6 is 0 Å². The van der Waals surface area contributed by atoms with E-state index in [1.54, 1.807) is 4.90 Å². The number of aliphatic carboxylic acids is 1. The van der Waals surface area contributed by atoms with Crippen molar-refractivity contribution in [2.75, 3.05) is 26.2 Å². The molecule has 2 saturated heterocycles. The van der Waals surface area contributed by atoms with E-state index in [4.69, 9.17) is 5.11 Å². The fraction of sp³-hybridized carbons (Fsp3) is 0.833. The van der Waals surface area contributed by atoms with Crippen molar-refractivity contribution in [2.24, 2.45) is 11.8 Å². The lowest BCUT2D eigenvalue weighted by molar-refractivity contribution is -0.145. The second kappa shape index (κ2) is 5.49. The predicted octanol–water partition coefficient (Wildman–Crippen LogP) is 0.309. The van der Waals surface area contributed by atoms with E-state index < -0.39 is 5.97 Å². The second-order valence-electron chi connectivity index (χ2n) is 5.16. The summed E-state index contributed by atoms with van der Waals surface area (Å²) < 4.78 is 0. The third-order valence-electron chi connectivity index (χ3n) is 3.70. The topological polar surface area (TPSA) is 69.6 Å². The fourth-order valence-electron chi connectivity index (χ4n) is 2.61. The molecule has 5 heteroatoms. The van der Waals surface area contributed by atoms with Crippen molar-refractivity contribution in [3.05, 3.63) is 0 Å². The van der Waals surface area contributed by atoms with Gasteiger partial charge in [-0.15, -0.1) is 0 Å². The number of amides is 1. The van der Waals surface area contributed by atoms with E-state index in [0.717, 1.165) is 25.9 Å². The van der Waals surface area contributed by atoms with Gasteiger partial charge in [0.2, 0.25) is 5.91 Å². The molecule has 0 bridgehead atoms. The minimum atomic E-state index is -0.763. The lowest BCUT2D eigenvalue weighted by atomic mass is 9.91. The van der Waals surface area contributed by atoms with Crippen molar-refractivity contribution in [3.8, 4) is 0 Å². The molecule has 2 heterocycles. The maximum Gasteiger partial charge on any atom is 0.303 e. The summed E-state index contributed by atoms with van der Waals surface area (Å²) in [7, 11) is 0. The van der Waals surface area contributed by atoms with Gasteiger partial charge in [0.05, 0.1) is 6.42 Å². The highest BCUT2D eigenvalue weighted by molar-refractivity contribution is 5.77. The van der Waals surface area contributed by atoms with Gasteiger partial charge in [0.15, 0.2) is 0 Å². The van der Waals surface area contributed by atoms with E-state index in [2.05, 4.69) is 5.32 Å². The number of carbonyl (C=O) groups is 2. The first kappa shape index (κ1) is 12.4. The molecule has 0 unspecified atom stereocenters. The van der Waals surface area contributed by atoms with Gasteiger partial charge < -0.3 is 15.3 Å². The van der Waals surface area contributed by atoms with E-state index >= 15 is 0 Å². The summed E-state index contributed by atoms with van der Waals surface area (Å²) in [6.45, 7) is 3.30. The van der Waals surface area contributed by atoms with Crippen LogP contribution in [-0.2, 0) is 9.59 Å². The molecule has 1 amide bonds. The van der Waals surface area contributed by atoms with Gasteiger partial charge in [0, 0.05) is 25.4 Å². The summed E-state index contributed by atoms with van der Waals surface area (Å²) in [5.74, 6) is 0.130. The molecule has 0 spiro atoms. The van der Waals surface area contributed by atoms with Crippen LogP contribution in [0.15, 0.2) is 0 Å². The first-order chi connectivity index (χ1) is 8.15. The molecule has 0 atom stereocenters. The first-order valence-corrected chi connectivity index (χ1v) is 6.35. The first-order valence-electron chi connectivity index (χ1n) is 6.35. The summed E-state index contributed by atoms with van der Waals surface area (Å²) in [6.07, 6.45) is 2.99. The van der Waals surface area contributed by atoms with Gasteiger partial charge in [-0.2, -0.15) is 0 Å². The molecule has 17 heavy (non-hydrogen) atoms. The zero-order valence-corrected chi connectivity index (χ0v) is 10.0. The number of piperidine rings is 1. The second-order valence-corrected chi connectivity index (χ2v) is 5.16. The number of carboxylic acid groups (broad SMARTS) is 1. The smallest absolute Gasteiger partial charge is 0.303 e. The van der Waals surface area contributed by atoms with Crippen LogP contribution < -0.4 is 5.32 Å². The molecule has 5 nitrogen and oxygen atoms in total. The molecule has 2 aliphatic heterocycles. The number of likely N-dealkylation sites (tertiary alicyclic amines) is 1. The number of nitrogens with one attached hydrogen (secondary N) is 1. The number of nitrogens with zero attached hydrogens (tertiary/aromatic N) is 1. The molecule has 96 valence electrons. The minimum absolute atomic E-state index is 0.171. The highest BCUT2D eigenvalue weighted by atomic mass is 16.4. The Bertz CT molecular complexity index is 294. The van der Waals surface area contributed by atoms with E-state index in [1.807, 2.05) is 0 Å². The Morgan fingerprint density at radius 2 is 1.76 bits per heavy atom. The van der Waals surface area contributed by atoms with Crippen LogP contribution in [0.25, 0.3) is 0 Å². The average molecular weight is 240 g/mol. The third-order valence-corrected chi connectivity index (χ3v) is 3.70. The normalized spacial score (nSPS) is 22.2. The van der Waals surface area contributed by atoms with E-state index in [0.29, 0.717) is 25.4 Å². The number of carbonyl (C=O) groups excluding carboxylic acids is 1. The van der Waals surface area contributed by atoms with Gasteiger partial charge in [0.1, 0.15) is 0 Å². The van der Waals surface area contributed by atoms with E-state index in [9.17, 15) is 9.59 Å². The quantitative estimate of drug-likeness (QED) is 0.742. The molecule has 2 aliphatic rings. The van der Waals surface area contributed by atoms with Crippen molar-refractivity contribution < 1.29 is 14.7 Å². The SMILES string of the molecule is O=C(O)CC1CN(C(=O)CC2CCNCC2)C1. The van der Waals surface area contributed by atoms with Crippen LogP contribution in [0.1, 0.15) is 25.7 Å². The number of carboxylic acids is 1. The third kappa shape index (κ3) is 3.43. The van der Waals surface area contributed by atoms with Crippen molar-refractivity contribution in [1.29, 1.82) is 0 Å². The van der Waals surface area contributed by atoms with Gasteiger partial charge in [-0.1, -0.05) is 0 Å². The Morgan fingerprint density at radius 1 is 1.12 bits per heavy atom. The summed E-state index contributed by atoms with van der Waals surface area (Å²) >= 11 is 0. The van der Waals surface area contributed by atoms with Crippen LogP contribution in [0.5, 0.6) is 0 Å². The molecule has 2 fully saturated rings. The molecular weight excluding hydrogens is 220 g/mol. The van der Waals surface area contributed by atoms with Crippen LogP contribution in [0.2, 0.25) is 0 Å². The van der Waals surface area contributed by atoms with Crippen molar-refractivity contribution in [1.82, 2.24) is 10.2 Å². The van der Waals surface area contributed by atoms with Crippen molar-refractivity contribution in [3.63, 3.8) is 0 Å². The summed E-state index contributed by atoms with van der Waals surface area (Å²) in [5.41, 5.74) is 0. The Kier molecular flexibility index (Phi) is 3.99. The number of hydrogen-bond donors (Lipinski definition) is 2. The molecule has 0 radical (unpaired) electrons. The van der Waals surface area contributed by atoms with Crippen LogP contribution in [0.4, 0.5) is 0 Å². The van der Waals surface area contributed by atoms with Crippen LogP contribution in [-0.4, -0.2) is 48.1 Å². The van der Waals surface area contributed by atoms with Gasteiger partial charge in [-0.25, -0.2) is 0 Å². The zero-order valence-electron chi connectivity index (χ0n) is 10.0. The number of hydrogen-bond acceptors (Lipinski definition) is 3. The molecule has 0 aromatic carbocycles. The Balaban J connectivity index is 1.66. The van der Waals surface area contributed by atoms with Crippen molar-refractivity contribution in [2.45, 2.75) is 25.7 Å². The maximum absolute atomic E-state index is 11.9. The lowest BCUT2D eigenvalue weighted by Gasteiger charge is -2.39. The molecule has 2 N–H and O–H groups in total. The van der Waals surface area contributed by atoms with Crippen molar-refractivity contribution >= 4 is 11.9 Å². The van der Waals surface area contributed by atoms with Gasteiger partial charge in [-0.05, 0) is 31.8 Å². The average Bonchev–Trinajstić information content (AvgIpc) is 2.23. The monoisotopic (exact) mass is 240 g/mol. The Morgan fingerprint density at radius 3 is 2.35 bits per heavy atom. The van der Waals surface area contributed by atoms with E-state index in [1.165, 1.54) is 0 Å². The van der Waals surface area contributed by atoms with Gasteiger partial charge >= 0.3 is 5.97 Å². The lowest BCUT2D eigenvalue weighted by Crippen LogP contribution is -2.51. The predicted molar refractivity (Wildman–Crippen MR) is 62.5 cm³/mol. The van der Waals surface area contributed by atoms with E-state index in [-0.39, 0.29) is 18.2 Å². The molecular formula is C12H20N2O3. The maximum atomic E-state index is 11.9. The van der Waals surface area contributed by atoms with Crippen LogP contribution in [0.3, 0.4) is 0 Å². The summed E-state index contributed by atoms with van der Waals surface area (Å²) in [4.78, 5) is 24.2. The largest absolute Gasteiger partial charge is 0.481 e. The standard InChI is InChI=1S/C12H20N2O3/c15-11(5-9-1-3-13-4-2-9)14-7-10(8-14)6-12(16)17/h9-10,13H,1-8H2,(H,16,17). The Labute approximate surface area is 101 Å². The molecule has 0 saturated carbocycles. The highest BCUT2D eigenvalue weighted by Crippen LogP contribution is 2.23. The molecule has 2 rings (SSSR count). The van der Waals surface area contributed by atoms with Crippen LogP contribution in [0, 0.1) is 11.8 Å². The number of rotatable bonds is 4. The minimum Gasteiger partial charge on any atom is -0.481 e. The fourth-order valence-corrected chi connectivity index (χ4v) is 2.61. The zero-order chi connectivity index (χ0) is 12.3. The summed E-state index contributed by atoms with van der Waals surface area (Å²) in [5, 5.41) is 11.9. The Hall–Kier alpha value is -1.10. The molecule has 0 aromatic heterocycles.